The van der Waals surface area contributed by atoms with Crippen LogP contribution in [0.3, 0.4) is 0 Å². The fourth-order valence-corrected chi connectivity index (χ4v) is 2.54. The first-order chi connectivity index (χ1) is 9.47. The van der Waals surface area contributed by atoms with Crippen molar-refractivity contribution in [3.8, 4) is 0 Å². The lowest BCUT2D eigenvalue weighted by molar-refractivity contribution is -0.384. The first kappa shape index (κ1) is 14.9. The minimum Gasteiger partial charge on any atom is -0.294 e. The fourth-order valence-electron chi connectivity index (χ4n) is 1.73. The molecule has 4 nitrogen and oxygen atoms in total. The summed E-state index contributed by atoms with van der Waals surface area (Å²) in [5, 5.41) is 11.1. The molecule has 20 heavy (non-hydrogen) atoms. The average molecular weight is 402 g/mol. The third kappa shape index (κ3) is 3.55. The van der Waals surface area contributed by atoms with Crippen LogP contribution in [0.2, 0.25) is 5.02 Å². The molecule has 0 aliphatic heterocycles. The van der Waals surface area contributed by atoms with Crippen LogP contribution in [0.25, 0.3) is 0 Å². The van der Waals surface area contributed by atoms with Crippen LogP contribution in [0.4, 0.5) is 5.69 Å². The lowest BCUT2D eigenvalue weighted by Crippen LogP contribution is -2.05. The zero-order chi connectivity index (χ0) is 14.7. The van der Waals surface area contributed by atoms with Crippen molar-refractivity contribution in [1.82, 2.24) is 0 Å². The van der Waals surface area contributed by atoms with Gasteiger partial charge in [-0.15, -0.1) is 0 Å². The van der Waals surface area contributed by atoms with Crippen LogP contribution in [0.15, 0.2) is 42.5 Å². The summed E-state index contributed by atoms with van der Waals surface area (Å²) in [6, 6.07) is 11.1. The Labute approximate surface area is 134 Å². The van der Waals surface area contributed by atoms with Crippen molar-refractivity contribution in [2.75, 3.05) is 0 Å². The molecule has 2 aromatic rings. The second kappa shape index (κ2) is 6.32. The van der Waals surface area contributed by atoms with E-state index in [-0.39, 0.29) is 17.9 Å². The summed E-state index contributed by atoms with van der Waals surface area (Å²) in [6.45, 7) is 0. The van der Waals surface area contributed by atoms with Crippen LogP contribution in [-0.2, 0) is 6.42 Å². The molecular weight excluding hydrogens is 393 g/mol. The van der Waals surface area contributed by atoms with Crippen molar-refractivity contribution in [2.24, 2.45) is 0 Å². The van der Waals surface area contributed by atoms with Gasteiger partial charge in [0.2, 0.25) is 0 Å². The Bertz CT molecular complexity index is 671. The van der Waals surface area contributed by atoms with E-state index >= 15 is 0 Å². The van der Waals surface area contributed by atoms with E-state index in [0.29, 0.717) is 10.6 Å². The molecule has 0 radical (unpaired) electrons. The van der Waals surface area contributed by atoms with Crippen LogP contribution in [-0.4, -0.2) is 10.7 Å². The zero-order valence-electron chi connectivity index (χ0n) is 10.2. The highest BCUT2D eigenvalue weighted by Crippen LogP contribution is 2.20. The maximum Gasteiger partial charge on any atom is 0.269 e. The van der Waals surface area contributed by atoms with Crippen LogP contribution in [0.1, 0.15) is 15.9 Å². The number of nitro benzene ring substituents is 1. The zero-order valence-corrected chi connectivity index (χ0v) is 13.1. The number of rotatable bonds is 4. The Morgan fingerprint density at radius 3 is 2.45 bits per heavy atom. The Morgan fingerprint density at radius 2 is 1.85 bits per heavy atom. The van der Waals surface area contributed by atoms with Gasteiger partial charge in [-0.2, -0.15) is 0 Å². The number of Topliss-reactive ketones (excluding diaryl/α,β-unsaturated/α-hetero) is 1. The highest BCUT2D eigenvalue weighted by molar-refractivity contribution is 14.1. The van der Waals surface area contributed by atoms with Gasteiger partial charge in [-0.05, 0) is 46.4 Å². The summed E-state index contributed by atoms with van der Waals surface area (Å²) < 4.78 is 0.832. The van der Waals surface area contributed by atoms with Crippen LogP contribution < -0.4 is 0 Å². The number of halogens is 2. The van der Waals surface area contributed by atoms with Gasteiger partial charge in [-0.25, -0.2) is 0 Å². The van der Waals surface area contributed by atoms with Crippen molar-refractivity contribution in [1.29, 1.82) is 0 Å². The average Bonchev–Trinajstić information content (AvgIpc) is 2.42. The molecule has 0 N–H and O–H groups in total. The molecule has 2 rings (SSSR count). The molecule has 6 heteroatoms. The van der Waals surface area contributed by atoms with Crippen molar-refractivity contribution in [3.63, 3.8) is 0 Å². The molecule has 0 unspecified atom stereocenters. The molecule has 0 amide bonds. The molecule has 0 heterocycles. The molecular formula is C14H9ClINO3. The lowest BCUT2D eigenvalue weighted by Gasteiger charge is -2.05. The molecule has 0 fully saturated rings. The third-order valence-corrected chi connectivity index (χ3v) is 3.92. The van der Waals surface area contributed by atoms with E-state index in [1.54, 1.807) is 30.3 Å². The van der Waals surface area contributed by atoms with Crippen molar-refractivity contribution in [2.45, 2.75) is 6.42 Å². The first-order valence-corrected chi connectivity index (χ1v) is 7.14. The number of hydrogen-bond donors (Lipinski definition) is 0. The van der Waals surface area contributed by atoms with Gasteiger partial charge in [0, 0.05) is 32.7 Å². The Kier molecular flexibility index (Phi) is 4.72. The Hall–Kier alpha value is -1.47. The number of nitro groups is 1. The van der Waals surface area contributed by atoms with E-state index in [9.17, 15) is 14.9 Å². The number of hydrogen-bond acceptors (Lipinski definition) is 3. The maximum absolute atomic E-state index is 12.2. The van der Waals surface area contributed by atoms with E-state index in [1.165, 1.54) is 12.1 Å². The third-order valence-electron chi connectivity index (χ3n) is 2.74. The van der Waals surface area contributed by atoms with Crippen LogP contribution in [0, 0.1) is 13.7 Å². The van der Waals surface area contributed by atoms with E-state index < -0.39 is 4.92 Å². The number of carbonyl (C=O) groups is 1. The molecule has 0 bridgehead atoms. The predicted molar refractivity (Wildman–Crippen MR) is 85.3 cm³/mol. The Balaban J connectivity index is 2.19. The molecule has 0 aliphatic carbocycles. The van der Waals surface area contributed by atoms with E-state index in [1.807, 2.05) is 0 Å². The first-order valence-electron chi connectivity index (χ1n) is 5.69. The normalized spacial score (nSPS) is 10.3. The number of carbonyl (C=O) groups excluding carboxylic acids is 1. The molecule has 2 aromatic carbocycles. The van der Waals surface area contributed by atoms with E-state index in [2.05, 4.69) is 22.6 Å². The van der Waals surface area contributed by atoms with Gasteiger partial charge in [0.25, 0.3) is 5.69 Å². The number of non-ortho nitro benzene ring substituents is 1. The molecule has 0 aromatic heterocycles. The second-order valence-corrected chi connectivity index (χ2v) is 5.75. The number of nitrogens with zero attached hydrogens (tertiary/aromatic N) is 1. The van der Waals surface area contributed by atoms with Crippen molar-refractivity contribution < 1.29 is 9.72 Å². The molecule has 102 valence electrons. The summed E-state index contributed by atoms with van der Waals surface area (Å²) in [5.74, 6) is -0.0641. The van der Waals surface area contributed by atoms with Gasteiger partial charge in [0.15, 0.2) is 5.78 Å². The monoisotopic (exact) mass is 401 g/mol. The number of benzene rings is 2. The van der Waals surface area contributed by atoms with Gasteiger partial charge in [-0.1, -0.05) is 23.7 Å². The summed E-state index contributed by atoms with van der Waals surface area (Å²) in [4.78, 5) is 22.3. The standard InChI is InChI=1S/C14H9ClINO3/c15-10-3-6-13(16)12(8-10)14(18)7-9-1-4-11(5-2-9)17(19)20/h1-6,8H,7H2. The fraction of sp³-hybridized carbons (Fsp3) is 0.0714. The quantitative estimate of drug-likeness (QED) is 0.332. The summed E-state index contributed by atoms with van der Waals surface area (Å²) in [6.07, 6.45) is 0.189. The molecule has 0 aliphatic rings. The van der Waals surface area contributed by atoms with E-state index in [0.717, 1.165) is 9.13 Å². The molecule has 0 saturated carbocycles. The molecule has 0 spiro atoms. The second-order valence-electron chi connectivity index (χ2n) is 4.15. The topological polar surface area (TPSA) is 60.2 Å². The minimum atomic E-state index is -0.467. The number of ketones is 1. The van der Waals surface area contributed by atoms with Crippen molar-refractivity contribution >= 4 is 45.7 Å². The van der Waals surface area contributed by atoms with Gasteiger partial charge in [0.05, 0.1) is 4.92 Å². The summed E-state index contributed by atoms with van der Waals surface area (Å²) in [5.41, 5.74) is 1.31. The minimum absolute atomic E-state index is 0.0125. The van der Waals surface area contributed by atoms with Gasteiger partial charge in [-0.3, -0.25) is 14.9 Å². The lowest BCUT2D eigenvalue weighted by atomic mass is 10.0. The highest BCUT2D eigenvalue weighted by atomic mass is 127. The summed E-state index contributed by atoms with van der Waals surface area (Å²) >= 11 is 7.97. The van der Waals surface area contributed by atoms with Crippen LogP contribution >= 0.6 is 34.2 Å². The smallest absolute Gasteiger partial charge is 0.269 e. The van der Waals surface area contributed by atoms with E-state index in [4.69, 9.17) is 11.6 Å². The molecule has 0 saturated heterocycles. The molecule has 0 atom stereocenters. The van der Waals surface area contributed by atoms with Gasteiger partial charge in [0.1, 0.15) is 0 Å². The highest BCUT2D eigenvalue weighted by Gasteiger charge is 2.12. The van der Waals surface area contributed by atoms with Gasteiger partial charge < -0.3 is 0 Å². The predicted octanol–water partition coefficient (Wildman–Crippen LogP) is 4.28. The Morgan fingerprint density at radius 1 is 1.20 bits per heavy atom. The SMILES string of the molecule is O=C(Cc1ccc([N+](=O)[O-])cc1)c1cc(Cl)ccc1I. The maximum atomic E-state index is 12.2. The van der Waals surface area contributed by atoms with Gasteiger partial charge >= 0.3 is 0 Å². The summed E-state index contributed by atoms with van der Waals surface area (Å²) in [7, 11) is 0. The van der Waals surface area contributed by atoms with Crippen molar-refractivity contribution in [3.05, 3.63) is 72.3 Å². The largest absolute Gasteiger partial charge is 0.294 e. The van der Waals surface area contributed by atoms with Crippen LogP contribution in [0.5, 0.6) is 0 Å².